The smallest absolute Gasteiger partial charge is 0.460 e. The molecule has 2 heterocycles. The molecular formula is C32H37BrF3N3O4. The fourth-order valence-electron chi connectivity index (χ4n) is 4.55. The van der Waals surface area contributed by atoms with Crippen molar-refractivity contribution in [2.24, 2.45) is 0 Å². The molecule has 1 N–H and O–H groups in total. The zero-order valence-electron chi connectivity index (χ0n) is 33.8. The van der Waals surface area contributed by atoms with E-state index in [0.717, 1.165) is 6.07 Å². The van der Waals surface area contributed by atoms with Gasteiger partial charge in [0.1, 0.15) is 17.2 Å². The number of ether oxygens (including phenoxy) is 2. The number of anilines is 1. The molecule has 1 saturated heterocycles. The Bertz CT molecular complexity index is 1880. The van der Waals surface area contributed by atoms with Gasteiger partial charge < -0.3 is 19.7 Å². The van der Waals surface area contributed by atoms with Crippen LogP contribution in [0.3, 0.4) is 0 Å². The van der Waals surface area contributed by atoms with E-state index in [9.17, 15) is 22.8 Å². The zero-order chi connectivity index (χ0) is 40.3. The molecule has 0 aliphatic carbocycles. The van der Waals surface area contributed by atoms with Crippen molar-refractivity contribution in [3.63, 3.8) is 0 Å². The Morgan fingerprint density at radius 1 is 1.12 bits per heavy atom. The van der Waals surface area contributed by atoms with Crippen molar-refractivity contribution in [1.29, 1.82) is 0 Å². The number of rotatable bonds is 9. The lowest BCUT2D eigenvalue weighted by Gasteiger charge is -2.30. The Morgan fingerprint density at radius 2 is 1.81 bits per heavy atom. The molecule has 232 valence electrons. The summed E-state index contributed by atoms with van der Waals surface area (Å²) in [6, 6.07) is 9.53. The van der Waals surface area contributed by atoms with Crippen LogP contribution in [0, 0.1) is 6.92 Å². The summed E-state index contributed by atoms with van der Waals surface area (Å²) >= 11 is 3.31. The van der Waals surface area contributed by atoms with Crippen molar-refractivity contribution in [1.82, 2.24) is 10.3 Å². The highest BCUT2D eigenvalue weighted by Gasteiger charge is 2.33. The number of alkyl halides is 3. The van der Waals surface area contributed by atoms with Gasteiger partial charge in [0.05, 0.1) is 11.1 Å². The van der Waals surface area contributed by atoms with E-state index >= 15 is 0 Å². The zero-order valence-corrected chi connectivity index (χ0v) is 25.4. The van der Waals surface area contributed by atoms with E-state index in [2.05, 4.69) is 31.0 Å². The quantitative estimate of drug-likeness (QED) is 0.233. The average molecular weight is 675 g/mol. The molecule has 0 spiro atoms. The Kier molecular flexibility index (Phi) is 6.73. The van der Waals surface area contributed by atoms with E-state index < -0.39 is 73.4 Å². The van der Waals surface area contributed by atoms with Gasteiger partial charge in [-0.25, -0.2) is 4.98 Å². The first kappa shape index (κ1) is 21.4. The molecule has 1 unspecified atom stereocenters. The van der Waals surface area contributed by atoms with Gasteiger partial charge in [-0.3, -0.25) is 9.59 Å². The van der Waals surface area contributed by atoms with E-state index in [-0.39, 0.29) is 51.9 Å². The van der Waals surface area contributed by atoms with Crippen LogP contribution in [0.15, 0.2) is 46.9 Å². The van der Waals surface area contributed by atoms with Gasteiger partial charge in [-0.15, -0.1) is 13.2 Å². The van der Waals surface area contributed by atoms with Crippen LogP contribution >= 0.6 is 15.9 Å². The number of benzene rings is 2. The molecule has 3 aromatic rings. The van der Waals surface area contributed by atoms with Crippen LogP contribution < -0.4 is 15.0 Å². The van der Waals surface area contributed by atoms with Gasteiger partial charge in [-0.2, -0.15) is 0 Å². The number of para-hydroxylation sites is 1. The third kappa shape index (κ3) is 8.84. The largest absolute Gasteiger partial charge is 0.573 e. The number of halogens is 4. The summed E-state index contributed by atoms with van der Waals surface area (Å²) in [4.78, 5) is 31.3. The van der Waals surface area contributed by atoms with Crippen LogP contribution in [-0.2, 0) is 9.53 Å². The lowest BCUT2D eigenvalue weighted by atomic mass is 9.92. The number of piperidine rings is 1. The number of hydrogen-bond donors (Lipinski definition) is 1. The van der Waals surface area contributed by atoms with E-state index in [1.54, 1.807) is 20.8 Å². The average Bonchev–Trinajstić information content (AvgIpc) is 2.99. The molecule has 7 nitrogen and oxygen atoms in total. The molecule has 0 saturated carbocycles. The number of nitrogens with zero attached hydrogens (tertiary/aromatic N) is 2. The highest BCUT2D eigenvalue weighted by Crippen LogP contribution is 2.35. The molecule has 43 heavy (non-hydrogen) atoms. The van der Waals surface area contributed by atoms with E-state index in [4.69, 9.17) is 18.4 Å². The van der Waals surface area contributed by atoms with Crippen LogP contribution in [0.2, 0.25) is 0 Å². The van der Waals surface area contributed by atoms with Crippen molar-refractivity contribution >= 4 is 44.5 Å². The monoisotopic (exact) mass is 673 g/mol. The maximum absolute atomic E-state index is 14.2. The second-order valence-corrected chi connectivity index (χ2v) is 11.6. The molecule has 0 bridgehead atoms. The van der Waals surface area contributed by atoms with Crippen LogP contribution in [0.5, 0.6) is 5.75 Å². The number of nitrogens with one attached hydrogen (secondary N) is 1. The highest BCUT2D eigenvalue weighted by atomic mass is 79.9. The van der Waals surface area contributed by atoms with Crippen molar-refractivity contribution in [3.8, 4) is 5.75 Å². The molecular weight excluding hydrogens is 627 g/mol. The van der Waals surface area contributed by atoms with E-state index in [1.165, 1.54) is 43.3 Å². The second-order valence-electron chi connectivity index (χ2n) is 10.6. The van der Waals surface area contributed by atoms with Gasteiger partial charge in [0, 0.05) is 61.0 Å². The molecule has 1 aliphatic heterocycles. The third-order valence-electron chi connectivity index (χ3n) is 6.27. The summed E-state index contributed by atoms with van der Waals surface area (Å²) in [5, 5.41) is 2.77. The van der Waals surface area contributed by atoms with Crippen molar-refractivity contribution in [2.45, 2.75) is 77.5 Å². The number of carbonyl (C=O) groups excluding carboxylic acids is 2. The first-order chi connectivity index (χ1) is 24.0. The van der Waals surface area contributed by atoms with Gasteiger partial charge in [-0.1, -0.05) is 34.1 Å². The van der Waals surface area contributed by atoms with Crippen molar-refractivity contribution in [2.75, 3.05) is 24.4 Å². The topological polar surface area (TPSA) is 80.8 Å². The van der Waals surface area contributed by atoms with Crippen LogP contribution in [-0.4, -0.2) is 48.4 Å². The van der Waals surface area contributed by atoms with Gasteiger partial charge in [0.2, 0.25) is 0 Å². The molecule has 4 rings (SSSR count). The summed E-state index contributed by atoms with van der Waals surface area (Å²) < 4.78 is 135. The van der Waals surface area contributed by atoms with Crippen molar-refractivity contribution < 1.29 is 45.9 Å². The van der Waals surface area contributed by atoms with E-state index in [0.29, 0.717) is 4.47 Å². The third-order valence-corrected chi connectivity index (χ3v) is 6.77. The Hall–Kier alpha value is -3.34. The highest BCUT2D eigenvalue weighted by molar-refractivity contribution is 9.10. The fourth-order valence-corrected chi connectivity index (χ4v) is 4.91. The lowest BCUT2D eigenvalue weighted by molar-refractivity contribution is -0.275. The maximum atomic E-state index is 14.2. The van der Waals surface area contributed by atoms with Gasteiger partial charge in [0.15, 0.2) is 0 Å². The Balaban J connectivity index is 1.84. The SMILES string of the molecule is [2H]C1([2H])N(c2nc3ccc(Br)cc3c(C(=O)NCC(CCC(=O)OC(C)(C)C)c3ccccc3OC(F)(F)F)c2C)C([2H])([2H])C([2H])([2H])C([2H])([2H])C1([2H])[2H]. The first-order valence-electron chi connectivity index (χ1n) is 18.2. The molecule has 2 aromatic carbocycles. The van der Waals surface area contributed by atoms with Crippen molar-refractivity contribution in [3.05, 3.63) is 63.6 Å². The number of amides is 1. The maximum Gasteiger partial charge on any atom is 0.573 e. The first-order valence-corrected chi connectivity index (χ1v) is 14.0. The minimum Gasteiger partial charge on any atom is -0.460 e. The molecule has 1 atom stereocenters. The summed E-state index contributed by atoms with van der Waals surface area (Å²) in [6.07, 6.45) is -16.5. The Morgan fingerprint density at radius 3 is 2.49 bits per heavy atom. The van der Waals surface area contributed by atoms with Gasteiger partial charge in [0.25, 0.3) is 5.91 Å². The molecule has 1 amide bonds. The Labute approximate surface area is 272 Å². The van der Waals surface area contributed by atoms with Crippen LogP contribution in [0.4, 0.5) is 19.0 Å². The summed E-state index contributed by atoms with van der Waals surface area (Å²) in [5.74, 6) is -3.81. The van der Waals surface area contributed by atoms with E-state index in [1.807, 2.05) is 0 Å². The number of aromatic nitrogens is 1. The minimum atomic E-state index is -5.07. The minimum absolute atomic E-state index is 0.00173. The number of hydrogen-bond acceptors (Lipinski definition) is 6. The van der Waals surface area contributed by atoms with Gasteiger partial charge in [-0.05, 0) is 83.1 Å². The predicted molar refractivity (Wildman–Crippen MR) is 164 cm³/mol. The molecule has 1 aliphatic rings. The normalized spacial score (nSPS) is 24.1. The van der Waals surface area contributed by atoms with Crippen LogP contribution in [0.25, 0.3) is 10.9 Å². The summed E-state index contributed by atoms with van der Waals surface area (Å²) in [7, 11) is 0. The van der Waals surface area contributed by atoms with Gasteiger partial charge >= 0.3 is 12.3 Å². The molecule has 0 radical (unpaired) electrons. The number of pyridine rings is 1. The van der Waals surface area contributed by atoms with Crippen LogP contribution in [0.1, 0.15) is 93.8 Å². The number of carbonyl (C=O) groups is 2. The standard InChI is InChI=1S/C32H37BrF3N3O4/c1-20-28(24-18-22(33)13-14-25(24)38-29(20)39-16-8-5-9-17-39)30(41)37-19-21(12-15-27(40)43-31(2,3)4)23-10-6-7-11-26(23)42-32(34,35)36/h6-7,10-11,13-14,18,21H,5,8-9,12,15-17,19H2,1-4H3,(H,37,41)/i5D2,8D2,9D2,16D2,17D2. The number of esters is 1. The molecule has 1 aromatic heterocycles. The second kappa shape index (κ2) is 13.5. The summed E-state index contributed by atoms with van der Waals surface area (Å²) in [6.45, 7) is -1.40. The fraction of sp³-hybridized carbons (Fsp3) is 0.469. The predicted octanol–water partition coefficient (Wildman–Crippen LogP) is 7.83. The number of fused-ring (bicyclic) bond motifs is 1. The molecule has 1 fully saturated rings. The summed E-state index contributed by atoms with van der Waals surface area (Å²) in [5.41, 5.74) is -1.39. The molecule has 11 heteroatoms. The lowest BCUT2D eigenvalue weighted by Crippen LogP contribution is -2.33.